The van der Waals surface area contributed by atoms with Gasteiger partial charge in [-0.05, 0) is 43.7 Å². The number of benzene rings is 1. The first-order chi connectivity index (χ1) is 11.2. The van der Waals surface area contributed by atoms with E-state index in [1.165, 1.54) is 16.9 Å². The summed E-state index contributed by atoms with van der Waals surface area (Å²) in [5, 5.41) is 0. The van der Waals surface area contributed by atoms with E-state index in [1.807, 2.05) is 18.2 Å². The van der Waals surface area contributed by atoms with Gasteiger partial charge in [0.25, 0.3) is 5.91 Å². The van der Waals surface area contributed by atoms with Gasteiger partial charge < -0.3 is 0 Å². The van der Waals surface area contributed by atoms with Crippen molar-refractivity contribution in [1.82, 2.24) is 8.61 Å². The van der Waals surface area contributed by atoms with Gasteiger partial charge in [-0.25, -0.2) is 4.31 Å². The van der Waals surface area contributed by atoms with Crippen LogP contribution in [0.15, 0.2) is 35.5 Å². The monoisotopic (exact) mass is 350 g/mol. The van der Waals surface area contributed by atoms with E-state index < -0.39 is 16.1 Å². The maximum absolute atomic E-state index is 12.6. The van der Waals surface area contributed by atoms with Crippen LogP contribution in [0.5, 0.6) is 0 Å². The van der Waals surface area contributed by atoms with Crippen molar-refractivity contribution in [1.29, 1.82) is 0 Å². The average molecular weight is 350 g/mol. The zero-order valence-electron chi connectivity index (χ0n) is 15.0. The molecule has 0 aromatic heterocycles. The largest absolute Gasteiger partial charge is 0.328 e. The van der Waals surface area contributed by atoms with Crippen molar-refractivity contribution in [2.75, 3.05) is 7.05 Å². The highest BCUT2D eigenvalue weighted by molar-refractivity contribution is 7.87. The van der Waals surface area contributed by atoms with Gasteiger partial charge in [-0.2, -0.15) is 8.42 Å². The Balaban J connectivity index is 2.37. The number of carbonyl (C=O) groups is 1. The van der Waals surface area contributed by atoms with Crippen LogP contribution in [-0.2, 0) is 21.5 Å². The first-order valence-electron chi connectivity index (χ1n) is 8.31. The minimum Gasteiger partial charge on any atom is -0.268 e. The third kappa shape index (κ3) is 3.20. The first-order valence-corrected chi connectivity index (χ1v) is 9.70. The summed E-state index contributed by atoms with van der Waals surface area (Å²) < 4.78 is 27.4. The molecule has 0 aliphatic carbocycles. The van der Waals surface area contributed by atoms with E-state index in [-0.39, 0.29) is 6.54 Å². The topological polar surface area (TPSA) is 57.7 Å². The van der Waals surface area contributed by atoms with Crippen LogP contribution in [0.1, 0.15) is 57.6 Å². The molecule has 1 aromatic carbocycles. The molecule has 0 atom stereocenters. The molecule has 0 N–H and O–H groups in total. The van der Waals surface area contributed by atoms with Crippen LogP contribution in [0.2, 0.25) is 0 Å². The summed E-state index contributed by atoms with van der Waals surface area (Å²) in [6, 6.07) is 7.88. The van der Waals surface area contributed by atoms with E-state index in [1.54, 1.807) is 13.8 Å². The van der Waals surface area contributed by atoms with Crippen molar-refractivity contribution in [3.8, 4) is 0 Å². The molecule has 1 aromatic rings. The summed E-state index contributed by atoms with van der Waals surface area (Å²) in [4.78, 5) is 12.5. The number of allylic oxidation sites excluding steroid dienone is 1. The van der Waals surface area contributed by atoms with Crippen molar-refractivity contribution in [3.63, 3.8) is 0 Å². The number of carbonyl (C=O) groups excluding carboxylic acids is 1. The molecule has 0 bridgehead atoms. The van der Waals surface area contributed by atoms with Crippen molar-refractivity contribution in [3.05, 3.63) is 46.7 Å². The number of rotatable bonds is 5. The molecule has 0 saturated heterocycles. The lowest BCUT2D eigenvalue weighted by atomic mass is 9.93. The van der Waals surface area contributed by atoms with Gasteiger partial charge in [-0.15, -0.1) is 0 Å². The SMILES string of the molecule is CCC(CC)c1cccc(CN2C(=O)C(C)=C(C)N(C)S2(=O)=O)c1. The Kier molecular flexibility index (Phi) is 5.38. The molecule has 0 spiro atoms. The van der Waals surface area contributed by atoms with Crippen LogP contribution in [0.25, 0.3) is 0 Å². The normalized spacial score (nSPS) is 17.8. The molecular formula is C18H26N2O3S. The third-order valence-corrected chi connectivity index (χ3v) is 6.74. The van der Waals surface area contributed by atoms with E-state index in [2.05, 4.69) is 19.9 Å². The molecule has 0 unspecified atom stereocenters. The summed E-state index contributed by atoms with van der Waals surface area (Å²) in [7, 11) is -2.34. The average Bonchev–Trinajstić information content (AvgIpc) is 2.57. The molecule has 1 heterocycles. The van der Waals surface area contributed by atoms with Crippen molar-refractivity contribution in [2.45, 2.75) is 53.0 Å². The van der Waals surface area contributed by atoms with Crippen LogP contribution in [0.3, 0.4) is 0 Å². The minimum absolute atomic E-state index is 0.0596. The highest BCUT2D eigenvalue weighted by Crippen LogP contribution is 2.28. The Morgan fingerprint density at radius 3 is 2.33 bits per heavy atom. The van der Waals surface area contributed by atoms with E-state index in [0.717, 1.165) is 22.7 Å². The Morgan fingerprint density at radius 1 is 1.12 bits per heavy atom. The number of hydrogen-bond acceptors (Lipinski definition) is 3. The third-order valence-electron chi connectivity index (χ3n) is 4.92. The van der Waals surface area contributed by atoms with Crippen LogP contribution in [0.4, 0.5) is 0 Å². The molecule has 132 valence electrons. The molecule has 0 fully saturated rings. The van der Waals surface area contributed by atoms with Crippen molar-refractivity contribution >= 4 is 16.1 Å². The van der Waals surface area contributed by atoms with Gasteiger partial charge in [0.1, 0.15) is 0 Å². The first kappa shape index (κ1) is 18.5. The van der Waals surface area contributed by atoms with Gasteiger partial charge in [-0.1, -0.05) is 38.1 Å². The highest BCUT2D eigenvalue weighted by Gasteiger charge is 2.38. The predicted molar refractivity (Wildman–Crippen MR) is 95.4 cm³/mol. The zero-order chi connectivity index (χ0) is 18.1. The highest BCUT2D eigenvalue weighted by atomic mass is 32.2. The summed E-state index contributed by atoms with van der Waals surface area (Å²) in [6.07, 6.45) is 2.06. The summed E-state index contributed by atoms with van der Waals surface area (Å²) >= 11 is 0. The zero-order valence-corrected chi connectivity index (χ0v) is 15.9. The van der Waals surface area contributed by atoms with Crippen LogP contribution >= 0.6 is 0 Å². The van der Waals surface area contributed by atoms with Gasteiger partial charge in [0.15, 0.2) is 0 Å². The lowest BCUT2D eigenvalue weighted by molar-refractivity contribution is -0.123. The molecule has 2 rings (SSSR count). The lowest BCUT2D eigenvalue weighted by Crippen LogP contribution is -2.48. The molecule has 0 saturated carbocycles. The molecule has 6 heteroatoms. The molecule has 1 amide bonds. The second-order valence-corrected chi connectivity index (χ2v) is 8.14. The molecule has 1 aliphatic heterocycles. The van der Waals surface area contributed by atoms with E-state index in [9.17, 15) is 13.2 Å². The molecule has 5 nitrogen and oxygen atoms in total. The van der Waals surface area contributed by atoms with Gasteiger partial charge >= 0.3 is 10.2 Å². The van der Waals surface area contributed by atoms with Gasteiger partial charge in [0.05, 0.1) is 6.54 Å². The molecule has 1 aliphatic rings. The number of hydrogen-bond donors (Lipinski definition) is 0. The van der Waals surface area contributed by atoms with E-state index in [4.69, 9.17) is 0 Å². The lowest BCUT2D eigenvalue weighted by Gasteiger charge is -2.34. The van der Waals surface area contributed by atoms with Crippen LogP contribution in [-0.4, -0.2) is 30.0 Å². The van der Waals surface area contributed by atoms with Gasteiger partial charge in [0, 0.05) is 18.3 Å². The van der Waals surface area contributed by atoms with Crippen molar-refractivity contribution in [2.24, 2.45) is 0 Å². The van der Waals surface area contributed by atoms with Crippen molar-refractivity contribution < 1.29 is 13.2 Å². The fraction of sp³-hybridized carbons (Fsp3) is 0.500. The van der Waals surface area contributed by atoms with Gasteiger partial charge in [-0.3, -0.25) is 9.10 Å². The van der Waals surface area contributed by atoms with Gasteiger partial charge in [0.2, 0.25) is 0 Å². The minimum atomic E-state index is -3.82. The van der Waals surface area contributed by atoms with E-state index >= 15 is 0 Å². The van der Waals surface area contributed by atoms with Crippen LogP contribution in [0, 0.1) is 0 Å². The maximum atomic E-state index is 12.6. The quantitative estimate of drug-likeness (QED) is 0.818. The molecule has 0 radical (unpaired) electrons. The summed E-state index contributed by atoms with van der Waals surface area (Å²) in [5.41, 5.74) is 2.96. The summed E-state index contributed by atoms with van der Waals surface area (Å²) in [5.74, 6) is 0.00343. The van der Waals surface area contributed by atoms with Crippen LogP contribution < -0.4 is 0 Å². The van der Waals surface area contributed by atoms with E-state index in [0.29, 0.717) is 17.2 Å². The number of amides is 1. The molecule has 24 heavy (non-hydrogen) atoms. The second kappa shape index (κ2) is 6.97. The Hall–Kier alpha value is -1.82. The second-order valence-electron chi connectivity index (χ2n) is 6.26. The Morgan fingerprint density at radius 2 is 1.75 bits per heavy atom. The summed E-state index contributed by atoms with van der Waals surface area (Å²) in [6.45, 7) is 7.66. The smallest absolute Gasteiger partial charge is 0.268 e. The maximum Gasteiger partial charge on any atom is 0.328 e. The Labute approximate surface area is 145 Å². The fourth-order valence-corrected chi connectivity index (χ4v) is 4.47. The predicted octanol–water partition coefficient (Wildman–Crippen LogP) is 3.40. The Bertz CT molecular complexity index is 764. The molecular weight excluding hydrogens is 324 g/mol. The number of nitrogens with zero attached hydrogens (tertiary/aromatic N) is 2. The fourth-order valence-electron chi connectivity index (χ4n) is 3.03. The standard InChI is InChI=1S/C18H26N2O3S/c1-6-16(7-2)17-10-8-9-15(11-17)12-20-18(21)13(3)14(4)19(5)24(20,22)23/h8-11,16H,6-7,12H2,1-5H3.